The van der Waals surface area contributed by atoms with Crippen LogP contribution in [-0.2, 0) is 11.2 Å². The molecule has 2 saturated heterocycles. The average molecular weight is 325 g/mol. The Bertz CT molecular complexity index is 570. The summed E-state index contributed by atoms with van der Waals surface area (Å²) < 4.78 is 32.1. The molecule has 1 aromatic carbocycles. The van der Waals surface area contributed by atoms with Gasteiger partial charge < -0.3 is 15.0 Å². The van der Waals surface area contributed by atoms with Gasteiger partial charge in [-0.25, -0.2) is 13.6 Å². The number of halogens is 2. The lowest BCUT2D eigenvalue weighted by molar-refractivity contribution is -0.0364. The van der Waals surface area contributed by atoms with Gasteiger partial charge in [-0.05, 0) is 30.2 Å². The minimum Gasteiger partial charge on any atom is -0.378 e. The maximum Gasteiger partial charge on any atom is 0.317 e. The molecule has 5 nitrogen and oxygen atoms in total. The van der Waals surface area contributed by atoms with Crippen LogP contribution in [-0.4, -0.2) is 67.8 Å². The van der Waals surface area contributed by atoms with E-state index in [1.54, 1.807) is 4.90 Å². The highest BCUT2D eigenvalue weighted by atomic mass is 19.1. The lowest BCUT2D eigenvalue weighted by Crippen LogP contribution is -2.60. The number of carbonyl (C=O) groups is 1. The van der Waals surface area contributed by atoms with Crippen LogP contribution in [0.2, 0.25) is 0 Å². The maximum absolute atomic E-state index is 13.5. The molecule has 1 aromatic rings. The fourth-order valence-corrected chi connectivity index (χ4v) is 3.08. The number of nitrogens with zero attached hydrogens (tertiary/aromatic N) is 2. The van der Waals surface area contributed by atoms with Crippen molar-refractivity contribution in [3.05, 3.63) is 35.4 Å². The molecule has 0 spiro atoms. The first kappa shape index (κ1) is 16.1. The Morgan fingerprint density at radius 2 is 2.17 bits per heavy atom. The van der Waals surface area contributed by atoms with E-state index < -0.39 is 11.6 Å². The maximum atomic E-state index is 13.5. The summed E-state index contributed by atoms with van der Waals surface area (Å²) in [5, 5.41) is 2.78. The van der Waals surface area contributed by atoms with E-state index in [0.29, 0.717) is 19.7 Å². The molecule has 0 aliphatic carbocycles. The molecule has 126 valence electrons. The third kappa shape index (κ3) is 3.97. The number of ether oxygens (including phenoxy) is 1. The molecular weight excluding hydrogens is 304 g/mol. The molecule has 2 heterocycles. The normalized spacial score (nSPS) is 21.8. The number of hydrogen-bond donors (Lipinski definition) is 1. The minimum atomic E-state index is -0.471. The summed E-state index contributed by atoms with van der Waals surface area (Å²) in [5.41, 5.74) is 0.274. The molecule has 0 saturated carbocycles. The molecule has 2 amide bonds. The standard InChI is InChI=1S/C16H21F2N3O2/c17-13-1-2-15(18)12(9-13)3-4-19-16(22)21-6-5-20-7-8-23-11-14(20)10-21/h1-2,9,14H,3-8,10-11H2,(H,19,22)/t14-/m1/s1. The van der Waals surface area contributed by atoms with Gasteiger partial charge in [0.15, 0.2) is 0 Å². The van der Waals surface area contributed by atoms with E-state index in [1.807, 2.05) is 0 Å². The molecule has 0 unspecified atom stereocenters. The number of piperazine rings is 1. The number of rotatable bonds is 3. The van der Waals surface area contributed by atoms with Crippen molar-refractivity contribution in [2.45, 2.75) is 12.5 Å². The first-order valence-corrected chi connectivity index (χ1v) is 7.92. The number of hydrogen-bond acceptors (Lipinski definition) is 3. The van der Waals surface area contributed by atoms with Crippen LogP contribution in [0.3, 0.4) is 0 Å². The van der Waals surface area contributed by atoms with Crippen LogP contribution in [0.25, 0.3) is 0 Å². The van der Waals surface area contributed by atoms with Crippen LogP contribution in [0.4, 0.5) is 13.6 Å². The monoisotopic (exact) mass is 325 g/mol. The van der Waals surface area contributed by atoms with E-state index in [2.05, 4.69) is 10.2 Å². The van der Waals surface area contributed by atoms with Gasteiger partial charge in [-0.1, -0.05) is 0 Å². The summed E-state index contributed by atoms with van der Waals surface area (Å²) >= 11 is 0. The van der Waals surface area contributed by atoms with E-state index in [1.165, 1.54) is 6.07 Å². The molecule has 0 radical (unpaired) electrons. The molecular formula is C16H21F2N3O2. The van der Waals surface area contributed by atoms with Crippen LogP contribution in [0, 0.1) is 11.6 Å². The molecule has 2 fully saturated rings. The summed E-state index contributed by atoms with van der Waals surface area (Å²) in [4.78, 5) is 16.3. The lowest BCUT2D eigenvalue weighted by Gasteiger charge is -2.43. The zero-order chi connectivity index (χ0) is 16.2. The summed E-state index contributed by atoms with van der Waals surface area (Å²) in [6, 6.07) is 3.45. The average Bonchev–Trinajstić information content (AvgIpc) is 2.57. The summed E-state index contributed by atoms with van der Waals surface area (Å²) in [5.74, 6) is -0.922. The number of amides is 2. The van der Waals surface area contributed by atoms with Crippen LogP contribution >= 0.6 is 0 Å². The van der Waals surface area contributed by atoms with Crippen molar-refractivity contribution in [1.29, 1.82) is 0 Å². The van der Waals surface area contributed by atoms with Gasteiger partial charge >= 0.3 is 6.03 Å². The quantitative estimate of drug-likeness (QED) is 0.909. The molecule has 1 atom stereocenters. The third-order valence-corrected chi connectivity index (χ3v) is 4.40. The first-order chi connectivity index (χ1) is 11.1. The SMILES string of the molecule is O=C(NCCc1cc(F)ccc1F)N1CCN2CCOC[C@H]2C1. The van der Waals surface area contributed by atoms with Gasteiger partial charge in [-0.2, -0.15) is 0 Å². The Labute approximate surface area is 134 Å². The Kier molecular flexibility index (Phi) is 5.07. The zero-order valence-electron chi connectivity index (χ0n) is 12.9. The van der Waals surface area contributed by atoms with E-state index in [9.17, 15) is 13.6 Å². The van der Waals surface area contributed by atoms with Crippen LogP contribution in [0.15, 0.2) is 18.2 Å². The summed E-state index contributed by atoms with van der Waals surface area (Å²) in [6.07, 6.45) is 0.266. The summed E-state index contributed by atoms with van der Waals surface area (Å²) in [7, 11) is 0. The van der Waals surface area contributed by atoms with Gasteiger partial charge in [-0.3, -0.25) is 4.90 Å². The van der Waals surface area contributed by atoms with E-state index in [0.717, 1.165) is 31.8 Å². The van der Waals surface area contributed by atoms with Crippen molar-refractivity contribution >= 4 is 6.03 Å². The van der Waals surface area contributed by atoms with E-state index in [-0.39, 0.29) is 30.6 Å². The second-order valence-electron chi connectivity index (χ2n) is 5.93. The van der Waals surface area contributed by atoms with Crippen LogP contribution in [0.5, 0.6) is 0 Å². The van der Waals surface area contributed by atoms with Gasteiger partial charge in [0.2, 0.25) is 0 Å². The molecule has 0 bridgehead atoms. The highest BCUT2D eigenvalue weighted by molar-refractivity contribution is 5.74. The van der Waals surface area contributed by atoms with Crippen LogP contribution < -0.4 is 5.32 Å². The highest BCUT2D eigenvalue weighted by Crippen LogP contribution is 2.14. The minimum absolute atomic E-state index is 0.160. The number of urea groups is 1. The first-order valence-electron chi connectivity index (χ1n) is 7.92. The Hall–Kier alpha value is -1.73. The lowest BCUT2D eigenvalue weighted by atomic mass is 10.1. The largest absolute Gasteiger partial charge is 0.378 e. The molecule has 2 aliphatic rings. The smallest absolute Gasteiger partial charge is 0.317 e. The Morgan fingerprint density at radius 3 is 3.04 bits per heavy atom. The summed E-state index contributed by atoms with van der Waals surface area (Å²) in [6.45, 7) is 4.76. The molecule has 0 aromatic heterocycles. The topological polar surface area (TPSA) is 44.8 Å². The predicted octanol–water partition coefficient (Wildman–Crippen LogP) is 1.23. The predicted molar refractivity (Wildman–Crippen MR) is 81.2 cm³/mol. The molecule has 2 aliphatic heterocycles. The fraction of sp³-hybridized carbons (Fsp3) is 0.562. The second-order valence-corrected chi connectivity index (χ2v) is 5.93. The van der Waals surface area contributed by atoms with Crippen molar-refractivity contribution in [2.24, 2.45) is 0 Å². The number of morpholine rings is 1. The molecule has 7 heteroatoms. The van der Waals surface area contributed by atoms with Gasteiger partial charge in [0.25, 0.3) is 0 Å². The van der Waals surface area contributed by atoms with Gasteiger partial charge in [-0.15, -0.1) is 0 Å². The van der Waals surface area contributed by atoms with E-state index >= 15 is 0 Å². The highest BCUT2D eigenvalue weighted by Gasteiger charge is 2.31. The van der Waals surface area contributed by atoms with Gasteiger partial charge in [0.05, 0.1) is 19.3 Å². The van der Waals surface area contributed by atoms with Crippen molar-refractivity contribution < 1.29 is 18.3 Å². The Morgan fingerprint density at radius 1 is 1.30 bits per heavy atom. The van der Waals surface area contributed by atoms with Crippen LogP contribution in [0.1, 0.15) is 5.56 Å². The number of nitrogens with one attached hydrogen (secondary N) is 1. The third-order valence-electron chi connectivity index (χ3n) is 4.40. The van der Waals surface area contributed by atoms with Crippen molar-refractivity contribution in [2.75, 3.05) is 45.9 Å². The van der Waals surface area contributed by atoms with Crippen molar-refractivity contribution in [3.8, 4) is 0 Å². The number of benzene rings is 1. The molecule has 1 N–H and O–H groups in total. The van der Waals surface area contributed by atoms with Crippen molar-refractivity contribution in [1.82, 2.24) is 15.1 Å². The second kappa shape index (κ2) is 7.23. The Balaban J connectivity index is 1.47. The van der Waals surface area contributed by atoms with Gasteiger partial charge in [0, 0.05) is 32.7 Å². The molecule has 3 rings (SSSR count). The number of carbonyl (C=O) groups excluding carboxylic acids is 1. The fourth-order valence-electron chi connectivity index (χ4n) is 3.08. The van der Waals surface area contributed by atoms with Gasteiger partial charge in [0.1, 0.15) is 11.6 Å². The molecule has 23 heavy (non-hydrogen) atoms. The van der Waals surface area contributed by atoms with E-state index in [4.69, 9.17) is 4.74 Å². The van der Waals surface area contributed by atoms with Crippen molar-refractivity contribution in [3.63, 3.8) is 0 Å². The zero-order valence-corrected chi connectivity index (χ0v) is 12.9. The number of fused-ring (bicyclic) bond motifs is 1.